The third kappa shape index (κ3) is 5.39. The van der Waals surface area contributed by atoms with Crippen molar-refractivity contribution in [3.63, 3.8) is 0 Å². The van der Waals surface area contributed by atoms with Gasteiger partial charge in [-0.3, -0.25) is 9.78 Å². The molecule has 0 spiro atoms. The number of nitrogens with zero attached hydrogens (tertiary/aromatic N) is 4. The lowest BCUT2D eigenvalue weighted by Crippen LogP contribution is -2.12. The fourth-order valence-electron chi connectivity index (χ4n) is 3.64. The molecule has 2 N–H and O–H groups in total. The average molecular weight is 479 g/mol. The number of aryl methyl sites for hydroxylation is 2. The van der Waals surface area contributed by atoms with Crippen molar-refractivity contribution >= 4 is 34.6 Å². The molecule has 5 aromatic rings. The summed E-state index contributed by atoms with van der Waals surface area (Å²) in [6, 6.07) is 20.7. The number of carbonyl (C=O) groups excluding carboxylic acids is 1. The van der Waals surface area contributed by atoms with Crippen LogP contribution >= 0.6 is 11.3 Å². The number of rotatable bonds is 6. The number of nitrogens with one attached hydrogen (secondary N) is 2. The minimum atomic E-state index is -0.206. The Bertz CT molecular complexity index is 1480. The molecule has 35 heavy (non-hydrogen) atoms. The molecule has 0 bridgehead atoms. The molecule has 0 unspecified atom stereocenters. The van der Waals surface area contributed by atoms with Gasteiger partial charge in [0.15, 0.2) is 0 Å². The van der Waals surface area contributed by atoms with Gasteiger partial charge in [0, 0.05) is 57.2 Å². The zero-order chi connectivity index (χ0) is 24.2. The second-order valence-corrected chi connectivity index (χ2v) is 8.85. The minimum Gasteiger partial charge on any atom is -0.324 e. The van der Waals surface area contributed by atoms with Crippen LogP contribution in [0, 0.1) is 13.8 Å². The standard InChI is InChI=1S/C27H22N6OS/c1-17-13-18(2)30-27(29-17)32-23-8-4-6-21(15-23)25(34)31-22-7-3-5-20(14-22)24-16-35-26(33-24)19-9-11-28-12-10-19/h3-16H,1-2H3,(H,31,34)(H,29,30,32). The summed E-state index contributed by atoms with van der Waals surface area (Å²) in [5.41, 5.74) is 6.53. The summed E-state index contributed by atoms with van der Waals surface area (Å²) in [6.07, 6.45) is 3.51. The first kappa shape index (κ1) is 22.4. The molecule has 2 aromatic carbocycles. The van der Waals surface area contributed by atoms with Crippen molar-refractivity contribution in [3.05, 3.63) is 101 Å². The first-order valence-electron chi connectivity index (χ1n) is 11.0. The van der Waals surface area contributed by atoms with Crippen LogP contribution < -0.4 is 10.6 Å². The number of carbonyl (C=O) groups is 1. The van der Waals surface area contributed by atoms with Crippen LogP contribution in [0.4, 0.5) is 17.3 Å². The van der Waals surface area contributed by atoms with Crippen LogP contribution in [0.3, 0.4) is 0 Å². The van der Waals surface area contributed by atoms with Crippen LogP contribution in [-0.4, -0.2) is 25.8 Å². The molecule has 0 saturated heterocycles. The topological polar surface area (TPSA) is 92.7 Å². The van der Waals surface area contributed by atoms with E-state index in [2.05, 4.69) is 25.6 Å². The van der Waals surface area contributed by atoms with Crippen molar-refractivity contribution < 1.29 is 4.79 Å². The molecule has 0 fully saturated rings. The van der Waals surface area contributed by atoms with Crippen LogP contribution in [0.1, 0.15) is 21.7 Å². The van der Waals surface area contributed by atoms with Gasteiger partial charge in [-0.05, 0) is 62.4 Å². The maximum absolute atomic E-state index is 13.0. The molecule has 0 aliphatic rings. The SMILES string of the molecule is Cc1cc(C)nc(Nc2cccc(C(=O)Nc3cccc(-c4csc(-c5ccncc5)n4)c3)c2)n1. The van der Waals surface area contributed by atoms with Gasteiger partial charge in [0.25, 0.3) is 5.91 Å². The zero-order valence-electron chi connectivity index (χ0n) is 19.2. The Hall–Kier alpha value is -4.43. The lowest BCUT2D eigenvalue weighted by atomic mass is 10.1. The molecule has 0 saturated carbocycles. The number of benzene rings is 2. The molecule has 1 amide bonds. The van der Waals surface area contributed by atoms with Crippen LogP contribution in [0.5, 0.6) is 0 Å². The Kier molecular flexibility index (Phi) is 6.28. The maximum Gasteiger partial charge on any atom is 0.255 e. The van der Waals surface area contributed by atoms with Crippen molar-refractivity contribution in [1.82, 2.24) is 19.9 Å². The smallest absolute Gasteiger partial charge is 0.255 e. The highest BCUT2D eigenvalue weighted by Gasteiger charge is 2.11. The van der Waals surface area contributed by atoms with Crippen LogP contribution in [0.15, 0.2) is 84.5 Å². The molecule has 0 aliphatic heterocycles. The van der Waals surface area contributed by atoms with Crippen molar-refractivity contribution in [2.24, 2.45) is 0 Å². The van der Waals surface area contributed by atoms with Crippen molar-refractivity contribution in [3.8, 4) is 21.8 Å². The van der Waals surface area contributed by atoms with Gasteiger partial charge in [-0.15, -0.1) is 11.3 Å². The molecule has 3 aromatic heterocycles. The van der Waals surface area contributed by atoms with Gasteiger partial charge in [-0.1, -0.05) is 18.2 Å². The van der Waals surface area contributed by atoms with Gasteiger partial charge >= 0.3 is 0 Å². The highest BCUT2D eigenvalue weighted by atomic mass is 32.1. The number of hydrogen-bond donors (Lipinski definition) is 2. The highest BCUT2D eigenvalue weighted by molar-refractivity contribution is 7.13. The van der Waals surface area contributed by atoms with Gasteiger partial charge in [0.2, 0.25) is 5.95 Å². The molecular weight excluding hydrogens is 456 g/mol. The number of pyridine rings is 1. The first-order valence-corrected chi connectivity index (χ1v) is 11.9. The first-order chi connectivity index (χ1) is 17.0. The summed E-state index contributed by atoms with van der Waals surface area (Å²) in [4.78, 5) is 30.6. The quantitative estimate of drug-likeness (QED) is 0.299. The van der Waals surface area contributed by atoms with E-state index >= 15 is 0 Å². The monoisotopic (exact) mass is 478 g/mol. The van der Waals surface area contributed by atoms with Gasteiger partial charge in [0.1, 0.15) is 5.01 Å². The Morgan fingerprint density at radius 3 is 2.34 bits per heavy atom. The third-order valence-corrected chi connectivity index (χ3v) is 6.10. The second kappa shape index (κ2) is 9.82. The summed E-state index contributed by atoms with van der Waals surface area (Å²) in [7, 11) is 0. The number of anilines is 3. The molecule has 8 heteroatoms. The Balaban J connectivity index is 1.31. The number of hydrogen-bond acceptors (Lipinski definition) is 7. The lowest BCUT2D eigenvalue weighted by Gasteiger charge is -2.10. The van der Waals surface area contributed by atoms with Gasteiger partial charge in [-0.2, -0.15) is 0 Å². The summed E-state index contributed by atoms with van der Waals surface area (Å²) >= 11 is 1.57. The van der Waals surface area contributed by atoms with E-state index in [0.717, 1.165) is 38.9 Å². The Labute approximate surface area is 207 Å². The van der Waals surface area contributed by atoms with Gasteiger partial charge in [-0.25, -0.2) is 15.0 Å². The Morgan fingerprint density at radius 1 is 0.800 bits per heavy atom. The predicted molar refractivity (Wildman–Crippen MR) is 140 cm³/mol. The van der Waals surface area contributed by atoms with E-state index in [4.69, 9.17) is 4.98 Å². The molecule has 0 radical (unpaired) electrons. The second-order valence-electron chi connectivity index (χ2n) is 7.99. The summed E-state index contributed by atoms with van der Waals surface area (Å²) in [5, 5.41) is 9.10. The van der Waals surface area contributed by atoms with Gasteiger partial charge < -0.3 is 10.6 Å². The van der Waals surface area contributed by atoms with Crippen molar-refractivity contribution in [2.75, 3.05) is 10.6 Å². The van der Waals surface area contributed by atoms with E-state index in [1.54, 1.807) is 35.9 Å². The number of thiazole rings is 1. The summed E-state index contributed by atoms with van der Waals surface area (Å²) in [5.74, 6) is 0.296. The van der Waals surface area contributed by atoms with Crippen LogP contribution in [-0.2, 0) is 0 Å². The molecule has 172 valence electrons. The van der Waals surface area contributed by atoms with E-state index in [-0.39, 0.29) is 5.91 Å². The molecule has 0 atom stereocenters. The van der Waals surface area contributed by atoms with Crippen LogP contribution in [0.25, 0.3) is 21.8 Å². The van der Waals surface area contributed by atoms with E-state index in [1.807, 2.05) is 73.8 Å². The summed E-state index contributed by atoms with van der Waals surface area (Å²) < 4.78 is 0. The fourth-order valence-corrected chi connectivity index (χ4v) is 4.48. The Morgan fingerprint density at radius 2 is 1.54 bits per heavy atom. The zero-order valence-corrected chi connectivity index (χ0v) is 20.0. The molecule has 7 nitrogen and oxygen atoms in total. The molecule has 0 aliphatic carbocycles. The lowest BCUT2D eigenvalue weighted by molar-refractivity contribution is 0.102. The molecule has 3 heterocycles. The normalized spacial score (nSPS) is 10.7. The highest BCUT2D eigenvalue weighted by Crippen LogP contribution is 2.30. The third-order valence-electron chi connectivity index (χ3n) is 5.21. The molecular formula is C27H22N6OS. The van der Waals surface area contributed by atoms with E-state index < -0.39 is 0 Å². The number of amides is 1. The fraction of sp³-hybridized carbons (Fsp3) is 0.0741. The predicted octanol–water partition coefficient (Wildman–Crippen LogP) is 6.27. The largest absolute Gasteiger partial charge is 0.324 e. The molecule has 5 rings (SSSR count). The van der Waals surface area contributed by atoms with E-state index in [9.17, 15) is 4.79 Å². The average Bonchev–Trinajstić information content (AvgIpc) is 3.35. The van der Waals surface area contributed by atoms with Crippen molar-refractivity contribution in [1.29, 1.82) is 0 Å². The summed E-state index contributed by atoms with van der Waals surface area (Å²) in [6.45, 7) is 3.84. The van der Waals surface area contributed by atoms with Crippen molar-refractivity contribution in [2.45, 2.75) is 13.8 Å². The van der Waals surface area contributed by atoms with Gasteiger partial charge in [0.05, 0.1) is 5.69 Å². The van der Waals surface area contributed by atoms with E-state index in [0.29, 0.717) is 17.2 Å². The van der Waals surface area contributed by atoms with E-state index in [1.165, 1.54) is 0 Å². The van der Waals surface area contributed by atoms with Crippen LogP contribution in [0.2, 0.25) is 0 Å². The minimum absolute atomic E-state index is 0.206. The number of aromatic nitrogens is 4. The maximum atomic E-state index is 13.0.